The number of hydrogen-bond acceptors (Lipinski definition) is 4. The molecular weight excluding hydrogens is 192 g/mol. The molecule has 0 aliphatic rings. The second kappa shape index (κ2) is 4.91. The standard InChI is InChI=1S/C11H16N2O2/c1-11(13-12-2,10(14)15-3)9-7-5-4-6-8-9/h4-8,12-13H,1-3H3. The van der Waals surface area contributed by atoms with Gasteiger partial charge in [0.2, 0.25) is 0 Å². The average Bonchev–Trinajstić information content (AvgIpc) is 2.29. The van der Waals surface area contributed by atoms with Crippen LogP contribution in [0.1, 0.15) is 12.5 Å². The Morgan fingerprint density at radius 1 is 1.33 bits per heavy atom. The van der Waals surface area contributed by atoms with E-state index in [1.165, 1.54) is 7.11 Å². The summed E-state index contributed by atoms with van der Waals surface area (Å²) in [6, 6.07) is 9.42. The summed E-state index contributed by atoms with van der Waals surface area (Å²) in [6.45, 7) is 1.77. The number of methoxy groups -OCH3 is 1. The van der Waals surface area contributed by atoms with Crippen molar-refractivity contribution in [1.29, 1.82) is 0 Å². The smallest absolute Gasteiger partial charge is 0.331 e. The lowest BCUT2D eigenvalue weighted by Gasteiger charge is -2.27. The fraction of sp³-hybridized carbons (Fsp3) is 0.364. The summed E-state index contributed by atoms with van der Waals surface area (Å²) in [4.78, 5) is 11.7. The molecule has 1 aromatic carbocycles. The van der Waals surface area contributed by atoms with Gasteiger partial charge in [0.1, 0.15) is 0 Å². The fourth-order valence-electron chi connectivity index (χ4n) is 1.47. The van der Waals surface area contributed by atoms with Crippen molar-refractivity contribution >= 4 is 5.97 Å². The summed E-state index contributed by atoms with van der Waals surface area (Å²) < 4.78 is 4.78. The highest BCUT2D eigenvalue weighted by Crippen LogP contribution is 2.21. The van der Waals surface area contributed by atoms with Gasteiger partial charge in [-0.25, -0.2) is 10.2 Å². The number of benzene rings is 1. The van der Waals surface area contributed by atoms with E-state index in [1.54, 1.807) is 14.0 Å². The van der Waals surface area contributed by atoms with Crippen LogP contribution in [-0.2, 0) is 15.1 Å². The predicted molar refractivity (Wildman–Crippen MR) is 58.0 cm³/mol. The Morgan fingerprint density at radius 2 is 1.93 bits per heavy atom. The van der Waals surface area contributed by atoms with Gasteiger partial charge in [0, 0.05) is 0 Å². The van der Waals surface area contributed by atoms with Crippen molar-refractivity contribution in [3.63, 3.8) is 0 Å². The summed E-state index contributed by atoms with van der Waals surface area (Å²) >= 11 is 0. The summed E-state index contributed by atoms with van der Waals surface area (Å²) in [7, 11) is 3.09. The van der Waals surface area contributed by atoms with E-state index in [0.717, 1.165) is 5.56 Å². The number of rotatable bonds is 4. The highest BCUT2D eigenvalue weighted by Gasteiger charge is 2.35. The minimum atomic E-state index is -0.870. The molecule has 0 aliphatic carbocycles. The van der Waals surface area contributed by atoms with Crippen LogP contribution in [0.2, 0.25) is 0 Å². The highest BCUT2D eigenvalue weighted by molar-refractivity contribution is 5.81. The van der Waals surface area contributed by atoms with Crippen molar-refractivity contribution in [3.8, 4) is 0 Å². The molecule has 0 spiro atoms. The zero-order chi connectivity index (χ0) is 11.3. The molecule has 0 amide bonds. The Morgan fingerprint density at radius 3 is 2.40 bits per heavy atom. The summed E-state index contributed by atoms with van der Waals surface area (Å²) in [5.41, 5.74) is 5.66. The normalized spacial score (nSPS) is 14.3. The van der Waals surface area contributed by atoms with Crippen molar-refractivity contribution in [1.82, 2.24) is 10.9 Å². The van der Waals surface area contributed by atoms with Gasteiger partial charge in [-0.3, -0.25) is 5.43 Å². The molecule has 1 atom stereocenters. The molecule has 0 bridgehead atoms. The largest absolute Gasteiger partial charge is 0.467 e. The van der Waals surface area contributed by atoms with Gasteiger partial charge in [-0.15, -0.1) is 0 Å². The molecule has 1 unspecified atom stereocenters. The second-order valence-electron chi connectivity index (χ2n) is 3.36. The third-order valence-corrected chi connectivity index (χ3v) is 2.32. The molecular formula is C11H16N2O2. The van der Waals surface area contributed by atoms with Crippen LogP contribution in [0, 0.1) is 0 Å². The Kier molecular flexibility index (Phi) is 3.82. The van der Waals surface area contributed by atoms with Gasteiger partial charge >= 0.3 is 5.97 Å². The number of hydrazine groups is 1. The van der Waals surface area contributed by atoms with E-state index in [4.69, 9.17) is 4.74 Å². The van der Waals surface area contributed by atoms with E-state index in [0.29, 0.717) is 0 Å². The lowest BCUT2D eigenvalue weighted by atomic mass is 9.93. The molecule has 2 N–H and O–H groups in total. The zero-order valence-corrected chi connectivity index (χ0v) is 9.20. The van der Waals surface area contributed by atoms with E-state index in [-0.39, 0.29) is 5.97 Å². The summed E-state index contributed by atoms with van der Waals surface area (Å²) in [5, 5.41) is 0. The van der Waals surface area contributed by atoms with Crippen LogP contribution in [0.3, 0.4) is 0 Å². The van der Waals surface area contributed by atoms with E-state index in [9.17, 15) is 4.79 Å². The maximum atomic E-state index is 11.7. The number of ether oxygens (including phenoxy) is 1. The van der Waals surface area contributed by atoms with Crippen LogP contribution in [0.15, 0.2) is 30.3 Å². The summed E-state index contributed by atoms with van der Waals surface area (Å²) in [5.74, 6) is -0.331. The SMILES string of the molecule is CNNC(C)(C(=O)OC)c1ccccc1. The van der Waals surface area contributed by atoms with E-state index >= 15 is 0 Å². The van der Waals surface area contributed by atoms with Gasteiger partial charge in [-0.1, -0.05) is 30.3 Å². The quantitative estimate of drug-likeness (QED) is 0.567. The first-order chi connectivity index (χ1) is 7.15. The van der Waals surface area contributed by atoms with Crippen LogP contribution in [0.25, 0.3) is 0 Å². The Hall–Kier alpha value is -1.39. The summed E-state index contributed by atoms with van der Waals surface area (Å²) in [6.07, 6.45) is 0. The average molecular weight is 208 g/mol. The van der Waals surface area contributed by atoms with Crippen LogP contribution in [-0.4, -0.2) is 20.1 Å². The molecule has 82 valence electrons. The minimum absolute atomic E-state index is 0.331. The molecule has 1 rings (SSSR count). The molecule has 4 heteroatoms. The molecule has 0 fully saturated rings. The van der Waals surface area contributed by atoms with E-state index < -0.39 is 5.54 Å². The molecule has 0 aromatic heterocycles. The Bertz CT molecular complexity index is 327. The third-order valence-electron chi connectivity index (χ3n) is 2.32. The number of carbonyl (C=O) groups excluding carboxylic acids is 1. The van der Waals surface area contributed by atoms with Crippen molar-refractivity contribution < 1.29 is 9.53 Å². The highest BCUT2D eigenvalue weighted by atomic mass is 16.5. The molecule has 4 nitrogen and oxygen atoms in total. The number of carbonyl (C=O) groups is 1. The second-order valence-corrected chi connectivity index (χ2v) is 3.36. The predicted octanol–water partition coefficient (Wildman–Crippen LogP) is 0.799. The topological polar surface area (TPSA) is 50.4 Å². The van der Waals surface area contributed by atoms with Gasteiger partial charge < -0.3 is 4.74 Å². The first-order valence-electron chi connectivity index (χ1n) is 4.73. The minimum Gasteiger partial charge on any atom is -0.467 e. The van der Waals surface area contributed by atoms with Crippen LogP contribution >= 0.6 is 0 Å². The van der Waals surface area contributed by atoms with Crippen molar-refractivity contribution in [2.24, 2.45) is 0 Å². The molecule has 1 aromatic rings. The van der Waals surface area contributed by atoms with Crippen LogP contribution in [0.4, 0.5) is 0 Å². The maximum absolute atomic E-state index is 11.7. The van der Waals surface area contributed by atoms with Crippen molar-refractivity contribution in [2.75, 3.05) is 14.2 Å². The molecule has 0 saturated carbocycles. The van der Waals surface area contributed by atoms with Crippen LogP contribution in [0.5, 0.6) is 0 Å². The molecule has 0 saturated heterocycles. The molecule has 15 heavy (non-hydrogen) atoms. The number of hydrogen-bond donors (Lipinski definition) is 2. The fourth-order valence-corrected chi connectivity index (χ4v) is 1.47. The van der Waals surface area contributed by atoms with E-state index in [1.807, 2.05) is 30.3 Å². The maximum Gasteiger partial charge on any atom is 0.331 e. The first-order valence-corrected chi connectivity index (χ1v) is 4.73. The number of nitrogens with one attached hydrogen (secondary N) is 2. The lowest BCUT2D eigenvalue weighted by Crippen LogP contribution is -2.52. The molecule has 0 radical (unpaired) electrons. The van der Waals surface area contributed by atoms with Crippen molar-refractivity contribution in [2.45, 2.75) is 12.5 Å². The molecule has 0 heterocycles. The monoisotopic (exact) mass is 208 g/mol. The van der Waals surface area contributed by atoms with Gasteiger partial charge in [-0.05, 0) is 19.5 Å². The Labute approximate surface area is 89.6 Å². The van der Waals surface area contributed by atoms with Crippen molar-refractivity contribution in [3.05, 3.63) is 35.9 Å². The lowest BCUT2D eigenvalue weighted by molar-refractivity contribution is -0.148. The third kappa shape index (κ3) is 2.34. The Balaban J connectivity index is 3.06. The zero-order valence-electron chi connectivity index (χ0n) is 9.20. The molecule has 0 aliphatic heterocycles. The van der Waals surface area contributed by atoms with Gasteiger partial charge in [0.25, 0.3) is 0 Å². The van der Waals surface area contributed by atoms with Gasteiger partial charge in [0.15, 0.2) is 5.54 Å². The van der Waals surface area contributed by atoms with Crippen LogP contribution < -0.4 is 10.9 Å². The first kappa shape index (κ1) is 11.7. The van der Waals surface area contributed by atoms with E-state index in [2.05, 4.69) is 10.9 Å². The van der Waals surface area contributed by atoms with Gasteiger partial charge in [0.05, 0.1) is 7.11 Å². The number of esters is 1. The van der Waals surface area contributed by atoms with Gasteiger partial charge in [-0.2, -0.15) is 0 Å².